The number of urea groups is 1. The molecule has 0 saturated heterocycles. The van der Waals surface area contributed by atoms with E-state index in [0.717, 1.165) is 0 Å². The van der Waals surface area contributed by atoms with E-state index in [1.165, 1.54) is 13.8 Å². The second-order valence-electron chi connectivity index (χ2n) is 4.77. The molecule has 1 aromatic rings. The van der Waals surface area contributed by atoms with E-state index in [9.17, 15) is 31.5 Å². The van der Waals surface area contributed by atoms with Crippen LogP contribution in [-0.4, -0.2) is 18.6 Å². The van der Waals surface area contributed by atoms with Gasteiger partial charge in [-0.15, -0.1) is 0 Å². The van der Waals surface area contributed by atoms with E-state index in [1.54, 1.807) is 0 Å². The van der Waals surface area contributed by atoms with Gasteiger partial charge in [-0.1, -0.05) is 0 Å². The molecule has 1 heterocycles. The van der Waals surface area contributed by atoms with E-state index < -0.39 is 58.3 Å². The van der Waals surface area contributed by atoms with Gasteiger partial charge in [0.05, 0.1) is 23.8 Å². The third kappa shape index (κ3) is 2.79. The number of allylic oxidation sites excluding steroid dienone is 1. The van der Waals surface area contributed by atoms with Crippen LogP contribution in [0.1, 0.15) is 25.5 Å². The Balaban J connectivity index is 2.71. The zero-order chi connectivity index (χ0) is 18.2. The predicted octanol–water partition coefficient (Wildman–Crippen LogP) is 2.57. The van der Waals surface area contributed by atoms with E-state index in [1.807, 2.05) is 5.32 Å². The highest BCUT2D eigenvalue weighted by molar-refractivity contribution is 5.95. The molecule has 0 bridgehead atoms. The Labute approximate surface area is 132 Å². The normalized spacial score (nSPS) is 17.5. The summed E-state index contributed by atoms with van der Waals surface area (Å²) in [4.78, 5) is 23.5. The number of carbonyl (C=O) groups is 2. The summed E-state index contributed by atoms with van der Waals surface area (Å²) < 4.78 is 72.7. The van der Waals surface area contributed by atoms with Gasteiger partial charge in [-0.05, 0) is 13.8 Å². The van der Waals surface area contributed by atoms with Gasteiger partial charge in [0.2, 0.25) is 5.82 Å². The highest BCUT2D eigenvalue weighted by atomic mass is 19.2. The first kappa shape index (κ1) is 17.7. The molecule has 0 spiro atoms. The summed E-state index contributed by atoms with van der Waals surface area (Å²) in [5, 5.41) is 4.13. The average Bonchev–Trinajstić information content (AvgIpc) is 2.51. The summed E-state index contributed by atoms with van der Waals surface area (Å²) in [5.41, 5.74) is -1.95. The van der Waals surface area contributed by atoms with Crippen molar-refractivity contribution < 1.29 is 36.3 Å². The monoisotopic (exact) mass is 350 g/mol. The molecule has 0 unspecified atom stereocenters. The molecule has 130 valence electrons. The lowest BCUT2D eigenvalue weighted by atomic mass is 9.94. The molecule has 0 aromatic heterocycles. The van der Waals surface area contributed by atoms with Gasteiger partial charge in [-0.25, -0.2) is 31.5 Å². The highest BCUT2D eigenvalue weighted by Gasteiger charge is 2.39. The van der Waals surface area contributed by atoms with Gasteiger partial charge in [0.15, 0.2) is 23.3 Å². The minimum Gasteiger partial charge on any atom is -0.463 e. The van der Waals surface area contributed by atoms with Gasteiger partial charge in [0.25, 0.3) is 0 Å². The van der Waals surface area contributed by atoms with Crippen molar-refractivity contribution in [2.75, 3.05) is 6.61 Å². The van der Waals surface area contributed by atoms with Crippen LogP contribution in [0.15, 0.2) is 11.3 Å². The van der Waals surface area contributed by atoms with E-state index in [-0.39, 0.29) is 12.3 Å². The topological polar surface area (TPSA) is 67.4 Å². The van der Waals surface area contributed by atoms with Crippen molar-refractivity contribution >= 4 is 12.0 Å². The molecular weight excluding hydrogens is 339 g/mol. The van der Waals surface area contributed by atoms with Crippen LogP contribution in [0.25, 0.3) is 0 Å². The van der Waals surface area contributed by atoms with Crippen molar-refractivity contribution in [1.82, 2.24) is 10.6 Å². The Bertz CT molecular complexity index is 734. The minimum absolute atomic E-state index is 0.104. The van der Waals surface area contributed by atoms with Crippen LogP contribution in [0.2, 0.25) is 0 Å². The molecule has 1 atom stereocenters. The standard InChI is InChI=1S/C14H11F5N2O3/c1-3-24-13(22)5-4(2)20-14(23)21-12(5)6-7(15)9(17)11(19)10(18)8(6)16/h12H,3H2,1-2H3,(H2,20,21,23)/t12-/m0/s1. The number of carbonyl (C=O) groups excluding carboxylic acids is 2. The Kier molecular flexibility index (Phi) is 4.76. The minimum atomic E-state index is -2.34. The molecule has 1 aliphatic heterocycles. The molecule has 2 amide bonds. The lowest BCUT2D eigenvalue weighted by Gasteiger charge is -2.28. The van der Waals surface area contributed by atoms with Gasteiger partial charge in [0.1, 0.15) is 0 Å². The highest BCUT2D eigenvalue weighted by Crippen LogP contribution is 2.34. The number of hydrogen-bond donors (Lipinski definition) is 2. The average molecular weight is 350 g/mol. The Hall–Kier alpha value is -2.65. The second-order valence-corrected chi connectivity index (χ2v) is 4.77. The first-order valence-corrected chi connectivity index (χ1v) is 6.67. The van der Waals surface area contributed by atoms with Crippen molar-refractivity contribution in [3.8, 4) is 0 Å². The molecular formula is C14H11F5N2O3. The first-order chi connectivity index (χ1) is 11.2. The van der Waals surface area contributed by atoms with Crippen molar-refractivity contribution in [2.24, 2.45) is 0 Å². The zero-order valence-electron chi connectivity index (χ0n) is 12.4. The van der Waals surface area contributed by atoms with Crippen molar-refractivity contribution in [2.45, 2.75) is 19.9 Å². The van der Waals surface area contributed by atoms with Gasteiger partial charge in [0, 0.05) is 5.70 Å². The summed E-state index contributed by atoms with van der Waals surface area (Å²) in [5.74, 6) is -12.1. The number of nitrogens with one attached hydrogen (secondary N) is 2. The fourth-order valence-electron chi connectivity index (χ4n) is 2.27. The SMILES string of the molecule is CCOC(=O)C1=C(C)NC(=O)N[C@@H]1c1c(F)c(F)c(F)c(F)c1F. The van der Waals surface area contributed by atoms with Gasteiger partial charge in [-0.3, -0.25) is 0 Å². The smallest absolute Gasteiger partial charge is 0.338 e. The quantitative estimate of drug-likeness (QED) is 0.381. The number of amides is 2. The molecule has 0 saturated carbocycles. The Morgan fingerprint density at radius 3 is 2.04 bits per heavy atom. The maximum atomic E-state index is 14.0. The van der Waals surface area contributed by atoms with Crippen LogP contribution in [-0.2, 0) is 9.53 Å². The lowest BCUT2D eigenvalue weighted by molar-refractivity contribution is -0.139. The maximum absolute atomic E-state index is 14.0. The molecule has 1 aliphatic rings. The van der Waals surface area contributed by atoms with Crippen LogP contribution in [0.3, 0.4) is 0 Å². The maximum Gasteiger partial charge on any atom is 0.338 e. The van der Waals surface area contributed by atoms with Crippen molar-refractivity contribution in [1.29, 1.82) is 0 Å². The van der Waals surface area contributed by atoms with Gasteiger partial charge in [-0.2, -0.15) is 0 Å². The van der Waals surface area contributed by atoms with Crippen LogP contribution in [0, 0.1) is 29.1 Å². The number of halogens is 5. The number of benzene rings is 1. The molecule has 0 aliphatic carbocycles. The van der Waals surface area contributed by atoms with E-state index >= 15 is 0 Å². The predicted molar refractivity (Wildman–Crippen MR) is 70.0 cm³/mol. The summed E-state index contributed by atoms with van der Waals surface area (Å²) >= 11 is 0. The number of esters is 1. The van der Waals surface area contributed by atoms with Crippen molar-refractivity contribution in [3.05, 3.63) is 45.9 Å². The van der Waals surface area contributed by atoms with Gasteiger partial charge >= 0.3 is 12.0 Å². The van der Waals surface area contributed by atoms with E-state index in [4.69, 9.17) is 4.74 Å². The molecule has 0 fully saturated rings. The van der Waals surface area contributed by atoms with E-state index in [2.05, 4.69) is 5.32 Å². The fourth-order valence-corrected chi connectivity index (χ4v) is 2.27. The third-order valence-electron chi connectivity index (χ3n) is 3.30. The molecule has 24 heavy (non-hydrogen) atoms. The van der Waals surface area contributed by atoms with E-state index in [0.29, 0.717) is 0 Å². The number of rotatable bonds is 3. The third-order valence-corrected chi connectivity index (χ3v) is 3.30. The van der Waals surface area contributed by atoms with Crippen LogP contribution in [0.5, 0.6) is 0 Å². The van der Waals surface area contributed by atoms with Crippen LogP contribution >= 0.6 is 0 Å². The fraction of sp³-hybridized carbons (Fsp3) is 0.286. The zero-order valence-corrected chi connectivity index (χ0v) is 12.4. The largest absolute Gasteiger partial charge is 0.463 e. The second kappa shape index (κ2) is 6.46. The summed E-state index contributed by atoms with van der Waals surface area (Å²) in [6, 6.07) is -2.88. The molecule has 2 N–H and O–H groups in total. The molecule has 5 nitrogen and oxygen atoms in total. The van der Waals surface area contributed by atoms with Crippen molar-refractivity contribution in [3.63, 3.8) is 0 Å². The molecule has 1 aromatic carbocycles. The summed E-state index contributed by atoms with van der Waals surface area (Å²) in [7, 11) is 0. The Morgan fingerprint density at radius 2 is 1.54 bits per heavy atom. The summed E-state index contributed by atoms with van der Waals surface area (Å²) in [6.07, 6.45) is 0. The summed E-state index contributed by atoms with van der Waals surface area (Å²) in [6.45, 7) is 2.58. The van der Waals surface area contributed by atoms with Crippen LogP contribution < -0.4 is 10.6 Å². The lowest BCUT2D eigenvalue weighted by Crippen LogP contribution is -2.46. The Morgan fingerprint density at radius 1 is 1.04 bits per heavy atom. The van der Waals surface area contributed by atoms with Crippen LogP contribution in [0.4, 0.5) is 26.7 Å². The number of hydrogen-bond acceptors (Lipinski definition) is 3. The van der Waals surface area contributed by atoms with Gasteiger partial charge < -0.3 is 15.4 Å². The number of ether oxygens (including phenoxy) is 1. The molecule has 2 rings (SSSR count). The first-order valence-electron chi connectivity index (χ1n) is 6.67. The molecule has 10 heteroatoms. The molecule has 0 radical (unpaired) electrons.